The highest BCUT2D eigenvalue weighted by Gasteiger charge is 2.06. The van der Waals surface area contributed by atoms with Crippen molar-refractivity contribution in [3.05, 3.63) is 48.3 Å². The van der Waals surface area contributed by atoms with Crippen LogP contribution in [0.5, 0.6) is 0 Å². The molecule has 0 unspecified atom stereocenters. The molecule has 1 aromatic heterocycles. The van der Waals surface area contributed by atoms with Crippen molar-refractivity contribution in [1.29, 1.82) is 0 Å². The van der Waals surface area contributed by atoms with Crippen molar-refractivity contribution >= 4 is 0 Å². The van der Waals surface area contributed by atoms with Crippen molar-refractivity contribution in [2.75, 3.05) is 6.54 Å². The Labute approximate surface area is 106 Å². The monoisotopic (exact) mass is 245 g/mol. The zero-order valence-electron chi connectivity index (χ0n) is 10.4. The largest absolute Gasteiger partial charge is 0.313 e. The fourth-order valence-electron chi connectivity index (χ4n) is 1.75. The molecule has 2 rings (SSSR count). The Kier molecular flexibility index (Phi) is 4.36. The Morgan fingerprint density at radius 2 is 2.00 bits per heavy atom. The minimum absolute atomic E-state index is 0.246. The average molecular weight is 245 g/mol. The number of rotatable bonds is 5. The molecule has 0 fully saturated rings. The van der Waals surface area contributed by atoms with Gasteiger partial charge in [-0.1, -0.05) is 13.0 Å². The first-order chi connectivity index (χ1) is 8.81. The molecule has 0 aliphatic heterocycles. The van der Waals surface area contributed by atoms with E-state index in [4.69, 9.17) is 0 Å². The van der Waals surface area contributed by atoms with E-state index < -0.39 is 0 Å². The van der Waals surface area contributed by atoms with Crippen LogP contribution in [0, 0.1) is 5.82 Å². The van der Waals surface area contributed by atoms with Crippen molar-refractivity contribution in [2.24, 2.45) is 0 Å². The van der Waals surface area contributed by atoms with Gasteiger partial charge in [-0.3, -0.25) is 0 Å². The van der Waals surface area contributed by atoms with Gasteiger partial charge in [0.1, 0.15) is 12.1 Å². The lowest BCUT2D eigenvalue weighted by Crippen LogP contribution is -2.13. The van der Waals surface area contributed by atoms with Gasteiger partial charge in [-0.05, 0) is 30.7 Å². The van der Waals surface area contributed by atoms with Gasteiger partial charge in [0.2, 0.25) is 0 Å². The number of benzene rings is 1. The summed E-state index contributed by atoms with van der Waals surface area (Å²) >= 11 is 0. The van der Waals surface area contributed by atoms with Gasteiger partial charge in [-0.2, -0.15) is 0 Å². The number of hydrogen-bond donors (Lipinski definition) is 1. The Balaban J connectivity index is 2.22. The lowest BCUT2D eigenvalue weighted by atomic mass is 10.1. The summed E-state index contributed by atoms with van der Waals surface area (Å²) in [6.07, 6.45) is 5.76. The Hall–Kier alpha value is -1.81. The average Bonchev–Trinajstić information content (AvgIpc) is 2.42. The maximum atomic E-state index is 13.8. The van der Waals surface area contributed by atoms with Crippen molar-refractivity contribution in [3.8, 4) is 11.1 Å². The van der Waals surface area contributed by atoms with Crippen LogP contribution in [0.4, 0.5) is 4.39 Å². The number of halogens is 1. The van der Waals surface area contributed by atoms with Crippen molar-refractivity contribution in [1.82, 2.24) is 15.3 Å². The van der Waals surface area contributed by atoms with Crippen LogP contribution in [-0.2, 0) is 6.54 Å². The first-order valence-corrected chi connectivity index (χ1v) is 6.05. The van der Waals surface area contributed by atoms with Crippen molar-refractivity contribution in [3.63, 3.8) is 0 Å². The quantitative estimate of drug-likeness (QED) is 0.823. The van der Waals surface area contributed by atoms with E-state index in [1.807, 2.05) is 6.07 Å². The molecule has 0 saturated heterocycles. The second-order valence-electron chi connectivity index (χ2n) is 4.12. The normalized spacial score (nSPS) is 10.6. The summed E-state index contributed by atoms with van der Waals surface area (Å²) in [5.74, 6) is -0.246. The van der Waals surface area contributed by atoms with Gasteiger partial charge >= 0.3 is 0 Å². The van der Waals surface area contributed by atoms with E-state index in [2.05, 4.69) is 22.2 Å². The number of hydrogen-bond acceptors (Lipinski definition) is 3. The molecule has 1 heterocycles. The van der Waals surface area contributed by atoms with E-state index in [9.17, 15) is 4.39 Å². The van der Waals surface area contributed by atoms with Gasteiger partial charge in [-0.15, -0.1) is 0 Å². The SMILES string of the molecule is CCCNCc1ccc(F)c(-c2cncnc2)c1. The Morgan fingerprint density at radius 3 is 2.72 bits per heavy atom. The summed E-state index contributed by atoms with van der Waals surface area (Å²) in [5.41, 5.74) is 2.31. The molecule has 1 aromatic carbocycles. The number of nitrogens with zero attached hydrogens (tertiary/aromatic N) is 2. The highest BCUT2D eigenvalue weighted by atomic mass is 19.1. The lowest BCUT2D eigenvalue weighted by Gasteiger charge is -2.07. The number of nitrogens with one attached hydrogen (secondary N) is 1. The Morgan fingerprint density at radius 1 is 1.22 bits per heavy atom. The zero-order valence-corrected chi connectivity index (χ0v) is 10.4. The van der Waals surface area contributed by atoms with Crippen molar-refractivity contribution < 1.29 is 4.39 Å². The molecule has 94 valence electrons. The molecule has 0 radical (unpaired) electrons. The fraction of sp³-hybridized carbons (Fsp3) is 0.286. The molecule has 0 atom stereocenters. The van der Waals surface area contributed by atoms with Crippen LogP contribution in [-0.4, -0.2) is 16.5 Å². The molecule has 1 N–H and O–H groups in total. The van der Waals surface area contributed by atoms with Gasteiger partial charge in [0, 0.05) is 30.1 Å². The molecule has 4 heteroatoms. The molecule has 0 amide bonds. The minimum atomic E-state index is -0.246. The lowest BCUT2D eigenvalue weighted by molar-refractivity contribution is 0.627. The minimum Gasteiger partial charge on any atom is -0.313 e. The van der Waals surface area contributed by atoms with Gasteiger partial charge in [0.15, 0.2) is 0 Å². The zero-order chi connectivity index (χ0) is 12.8. The van der Waals surface area contributed by atoms with Crippen LogP contribution in [0.1, 0.15) is 18.9 Å². The van der Waals surface area contributed by atoms with Gasteiger partial charge in [-0.25, -0.2) is 14.4 Å². The molecule has 0 bridgehead atoms. The maximum Gasteiger partial charge on any atom is 0.131 e. The summed E-state index contributed by atoms with van der Waals surface area (Å²) in [5, 5.41) is 3.30. The second-order valence-corrected chi connectivity index (χ2v) is 4.12. The first-order valence-electron chi connectivity index (χ1n) is 6.05. The predicted octanol–water partition coefficient (Wildman–Crippen LogP) is 2.78. The first kappa shape index (κ1) is 12.6. The van der Waals surface area contributed by atoms with E-state index in [1.165, 1.54) is 12.4 Å². The summed E-state index contributed by atoms with van der Waals surface area (Å²) in [7, 11) is 0. The standard InChI is InChI=1S/C14H16FN3/c1-2-5-16-7-11-3-4-14(15)13(6-11)12-8-17-10-18-9-12/h3-4,6,8-10,16H,2,5,7H2,1H3. The third-order valence-electron chi connectivity index (χ3n) is 2.66. The van der Waals surface area contributed by atoms with E-state index in [-0.39, 0.29) is 5.82 Å². The predicted molar refractivity (Wildman–Crippen MR) is 69.4 cm³/mol. The van der Waals surface area contributed by atoms with Crippen LogP contribution < -0.4 is 5.32 Å². The summed E-state index contributed by atoms with van der Waals surface area (Å²) < 4.78 is 13.8. The smallest absolute Gasteiger partial charge is 0.131 e. The van der Waals surface area contributed by atoms with Crippen LogP contribution >= 0.6 is 0 Å². The van der Waals surface area contributed by atoms with Gasteiger partial charge in [0.25, 0.3) is 0 Å². The molecule has 18 heavy (non-hydrogen) atoms. The third-order valence-corrected chi connectivity index (χ3v) is 2.66. The van der Waals surface area contributed by atoms with Crippen LogP contribution in [0.3, 0.4) is 0 Å². The van der Waals surface area contributed by atoms with Crippen LogP contribution in [0.2, 0.25) is 0 Å². The molecule has 0 spiro atoms. The Bertz CT molecular complexity index is 500. The molecule has 0 saturated carbocycles. The molecular formula is C14H16FN3. The summed E-state index contributed by atoms with van der Waals surface area (Å²) in [6.45, 7) is 3.82. The fourth-order valence-corrected chi connectivity index (χ4v) is 1.75. The third kappa shape index (κ3) is 3.11. The molecule has 0 aliphatic rings. The molecule has 3 nitrogen and oxygen atoms in total. The summed E-state index contributed by atoms with van der Waals surface area (Å²) in [6, 6.07) is 5.13. The topological polar surface area (TPSA) is 37.8 Å². The molecular weight excluding hydrogens is 229 g/mol. The second kappa shape index (κ2) is 6.21. The number of aromatic nitrogens is 2. The van der Waals surface area contributed by atoms with E-state index >= 15 is 0 Å². The van der Waals surface area contributed by atoms with Crippen LogP contribution in [0.25, 0.3) is 11.1 Å². The highest BCUT2D eigenvalue weighted by Crippen LogP contribution is 2.22. The van der Waals surface area contributed by atoms with Gasteiger partial charge < -0.3 is 5.32 Å². The van der Waals surface area contributed by atoms with Crippen molar-refractivity contribution in [2.45, 2.75) is 19.9 Å². The van der Waals surface area contributed by atoms with Gasteiger partial charge in [0.05, 0.1) is 0 Å². The maximum absolute atomic E-state index is 13.8. The molecule has 2 aromatic rings. The van der Waals surface area contributed by atoms with Crippen LogP contribution in [0.15, 0.2) is 36.9 Å². The van der Waals surface area contributed by atoms with E-state index in [0.29, 0.717) is 11.1 Å². The van der Waals surface area contributed by atoms with E-state index in [1.54, 1.807) is 18.5 Å². The molecule has 0 aliphatic carbocycles. The summed E-state index contributed by atoms with van der Waals surface area (Å²) in [4.78, 5) is 7.83. The van der Waals surface area contributed by atoms with E-state index in [0.717, 1.165) is 25.1 Å². The highest BCUT2D eigenvalue weighted by molar-refractivity contribution is 5.63.